The Morgan fingerprint density at radius 3 is 2.58 bits per heavy atom. The van der Waals surface area contributed by atoms with Gasteiger partial charge in [-0.3, -0.25) is 19.7 Å². The Morgan fingerprint density at radius 2 is 1.82 bits per heavy atom. The lowest BCUT2D eigenvalue weighted by atomic mass is 10.2. The van der Waals surface area contributed by atoms with E-state index < -0.39 is 16.7 Å². The first kappa shape index (κ1) is 23.7. The second kappa shape index (κ2) is 11.1. The van der Waals surface area contributed by atoms with Crippen LogP contribution in [-0.2, 0) is 4.79 Å². The fourth-order valence-corrected chi connectivity index (χ4v) is 2.92. The normalized spacial score (nSPS) is 10.6. The summed E-state index contributed by atoms with van der Waals surface area (Å²) in [4.78, 5) is 34.6. The SMILES string of the molecule is O=C(COc1ccccc1C=NNC(=O)c1cccc([N+](=O)[O-])c1)Nc1ccc(Cl)c(Cl)c1. The van der Waals surface area contributed by atoms with Crippen LogP contribution in [0.2, 0.25) is 10.0 Å². The van der Waals surface area contributed by atoms with E-state index in [1.165, 1.54) is 30.5 Å². The summed E-state index contributed by atoms with van der Waals surface area (Å²) in [5, 5.41) is 18.0. The number of amides is 2. The molecule has 2 amide bonds. The number of anilines is 1. The summed E-state index contributed by atoms with van der Waals surface area (Å²) in [6.45, 7) is -0.287. The van der Waals surface area contributed by atoms with Gasteiger partial charge in [0.2, 0.25) is 0 Å². The number of benzene rings is 3. The van der Waals surface area contributed by atoms with Crippen LogP contribution in [0.25, 0.3) is 0 Å². The molecule has 0 atom stereocenters. The molecule has 3 aromatic carbocycles. The third-order valence-electron chi connectivity index (χ3n) is 4.17. The highest BCUT2D eigenvalue weighted by atomic mass is 35.5. The Morgan fingerprint density at radius 1 is 1.03 bits per heavy atom. The minimum Gasteiger partial charge on any atom is -0.483 e. The van der Waals surface area contributed by atoms with E-state index in [9.17, 15) is 19.7 Å². The van der Waals surface area contributed by atoms with Crippen molar-refractivity contribution < 1.29 is 19.2 Å². The van der Waals surface area contributed by atoms with Gasteiger partial charge in [-0.25, -0.2) is 5.43 Å². The Kier molecular flexibility index (Phi) is 7.96. The molecule has 0 saturated carbocycles. The molecule has 0 aromatic heterocycles. The number of ether oxygens (including phenoxy) is 1. The number of halogens is 2. The number of carbonyl (C=O) groups is 2. The van der Waals surface area contributed by atoms with Gasteiger partial charge >= 0.3 is 0 Å². The standard InChI is InChI=1S/C22H16Cl2N4O5/c23-18-9-8-16(11-19(18)24)26-21(29)13-33-20-7-2-1-4-15(20)12-25-27-22(30)14-5-3-6-17(10-14)28(31)32/h1-12H,13H2,(H,26,29)(H,27,30). The molecule has 3 rings (SSSR count). The zero-order chi connectivity index (χ0) is 23.8. The van der Waals surface area contributed by atoms with Crippen LogP contribution in [0.1, 0.15) is 15.9 Å². The van der Waals surface area contributed by atoms with Crippen LogP contribution in [0.15, 0.2) is 71.8 Å². The topological polar surface area (TPSA) is 123 Å². The van der Waals surface area contributed by atoms with E-state index in [0.717, 1.165) is 6.07 Å². The molecule has 2 N–H and O–H groups in total. The number of nitro groups is 1. The summed E-state index contributed by atoms with van der Waals surface area (Å²) in [6.07, 6.45) is 1.33. The van der Waals surface area contributed by atoms with Crippen LogP contribution in [0.4, 0.5) is 11.4 Å². The van der Waals surface area contributed by atoms with Crippen molar-refractivity contribution in [3.63, 3.8) is 0 Å². The van der Waals surface area contributed by atoms with Crippen molar-refractivity contribution in [3.05, 3.63) is 98.0 Å². The molecule has 33 heavy (non-hydrogen) atoms. The first-order valence-corrected chi connectivity index (χ1v) is 10.1. The Hall–Kier alpha value is -3.95. The summed E-state index contributed by atoms with van der Waals surface area (Å²) >= 11 is 11.8. The van der Waals surface area contributed by atoms with Crippen LogP contribution < -0.4 is 15.5 Å². The fraction of sp³-hybridized carbons (Fsp3) is 0.0455. The molecular weight excluding hydrogens is 471 g/mol. The summed E-state index contributed by atoms with van der Waals surface area (Å²) in [5.74, 6) is -0.677. The first-order valence-electron chi connectivity index (χ1n) is 9.38. The van der Waals surface area contributed by atoms with Gasteiger partial charge in [0.25, 0.3) is 17.5 Å². The number of non-ortho nitro benzene ring substituents is 1. The first-order chi connectivity index (χ1) is 15.8. The van der Waals surface area contributed by atoms with Crippen molar-refractivity contribution >= 4 is 52.6 Å². The van der Waals surface area contributed by atoms with Gasteiger partial charge < -0.3 is 10.1 Å². The summed E-state index contributed by atoms with van der Waals surface area (Å²) in [5.41, 5.74) is 3.15. The van der Waals surface area contributed by atoms with Crippen molar-refractivity contribution in [2.24, 2.45) is 5.10 Å². The van der Waals surface area contributed by atoms with E-state index in [1.807, 2.05) is 0 Å². The molecule has 9 nitrogen and oxygen atoms in total. The third kappa shape index (κ3) is 6.76. The number of nitrogens with one attached hydrogen (secondary N) is 2. The molecule has 3 aromatic rings. The number of hydrogen-bond acceptors (Lipinski definition) is 6. The third-order valence-corrected chi connectivity index (χ3v) is 4.91. The molecule has 0 saturated heterocycles. The smallest absolute Gasteiger partial charge is 0.271 e. The van der Waals surface area contributed by atoms with Gasteiger partial charge in [-0.2, -0.15) is 5.10 Å². The largest absolute Gasteiger partial charge is 0.483 e. The molecule has 0 aliphatic rings. The molecule has 0 spiro atoms. The number of para-hydroxylation sites is 1. The van der Waals surface area contributed by atoms with Gasteiger partial charge in [0.05, 0.1) is 21.2 Å². The van der Waals surface area contributed by atoms with Crippen molar-refractivity contribution in [3.8, 4) is 5.75 Å². The van der Waals surface area contributed by atoms with Crippen molar-refractivity contribution in [1.29, 1.82) is 0 Å². The van der Waals surface area contributed by atoms with Gasteiger partial charge in [0.1, 0.15) is 5.75 Å². The summed E-state index contributed by atoms with van der Waals surface area (Å²) < 4.78 is 5.56. The molecule has 0 heterocycles. The van der Waals surface area contributed by atoms with Crippen LogP contribution in [0.5, 0.6) is 5.75 Å². The highest BCUT2D eigenvalue weighted by Crippen LogP contribution is 2.25. The van der Waals surface area contributed by atoms with Crippen LogP contribution in [0.3, 0.4) is 0 Å². The molecule has 168 valence electrons. The maximum Gasteiger partial charge on any atom is 0.271 e. The lowest BCUT2D eigenvalue weighted by molar-refractivity contribution is -0.384. The maximum atomic E-state index is 12.2. The Bertz CT molecular complexity index is 1230. The highest BCUT2D eigenvalue weighted by Gasteiger charge is 2.11. The van der Waals surface area contributed by atoms with Crippen molar-refractivity contribution in [2.45, 2.75) is 0 Å². The molecular formula is C22H16Cl2N4O5. The lowest BCUT2D eigenvalue weighted by Gasteiger charge is -2.10. The van der Waals surface area contributed by atoms with E-state index in [4.69, 9.17) is 27.9 Å². The monoisotopic (exact) mass is 486 g/mol. The van der Waals surface area contributed by atoms with Gasteiger partial charge in [-0.1, -0.05) is 41.4 Å². The van der Waals surface area contributed by atoms with E-state index in [0.29, 0.717) is 27.0 Å². The maximum absolute atomic E-state index is 12.2. The van der Waals surface area contributed by atoms with Gasteiger partial charge in [-0.15, -0.1) is 0 Å². The zero-order valence-electron chi connectivity index (χ0n) is 16.8. The van der Waals surface area contributed by atoms with Crippen LogP contribution in [0, 0.1) is 10.1 Å². The number of hydrazone groups is 1. The summed E-state index contributed by atoms with van der Waals surface area (Å²) in [6, 6.07) is 16.7. The zero-order valence-corrected chi connectivity index (χ0v) is 18.3. The minimum atomic E-state index is -0.616. The second-order valence-corrected chi connectivity index (χ2v) is 7.32. The number of rotatable bonds is 8. The van der Waals surface area contributed by atoms with Crippen LogP contribution in [-0.4, -0.2) is 29.6 Å². The molecule has 0 aliphatic heterocycles. The molecule has 0 aliphatic carbocycles. The molecule has 0 radical (unpaired) electrons. The van der Waals surface area contributed by atoms with Gasteiger partial charge in [0.15, 0.2) is 6.61 Å². The van der Waals surface area contributed by atoms with E-state index in [2.05, 4.69) is 15.8 Å². The quantitative estimate of drug-likeness (QED) is 0.271. The Balaban J connectivity index is 1.59. The Labute approximate surface area is 198 Å². The van der Waals surface area contributed by atoms with E-state index in [-0.39, 0.29) is 17.9 Å². The van der Waals surface area contributed by atoms with E-state index >= 15 is 0 Å². The van der Waals surface area contributed by atoms with Crippen LogP contribution >= 0.6 is 23.2 Å². The molecule has 0 fully saturated rings. The highest BCUT2D eigenvalue weighted by molar-refractivity contribution is 6.42. The van der Waals surface area contributed by atoms with Crippen molar-refractivity contribution in [1.82, 2.24) is 5.43 Å². The minimum absolute atomic E-state index is 0.0878. The predicted octanol–water partition coefficient (Wildman–Crippen LogP) is 4.68. The lowest BCUT2D eigenvalue weighted by Crippen LogP contribution is -2.20. The fourth-order valence-electron chi connectivity index (χ4n) is 2.62. The van der Waals surface area contributed by atoms with Gasteiger partial charge in [0, 0.05) is 28.9 Å². The average Bonchev–Trinajstić information content (AvgIpc) is 2.81. The number of carbonyl (C=O) groups excluding carboxylic acids is 2. The summed E-state index contributed by atoms with van der Waals surface area (Å²) in [7, 11) is 0. The van der Waals surface area contributed by atoms with Crippen molar-refractivity contribution in [2.75, 3.05) is 11.9 Å². The molecule has 11 heteroatoms. The second-order valence-electron chi connectivity index (χ2n) is 6.51. The predicted molar refractivity (Wildman–Crippen MR) is 125 cm³/mol. The average molecular weight is 487 g/mol. The molecule has 0 bridgehead atoms. The van der Waals surface area contributed by atoms with E-state index in [1.54, 1.807) is 36.4 Å². The number of nitrogens with zero attached hydrogens (tertiary/aromatic N) is 2. The molecule has 0 unspecified atom stereocenters. The number of nitro benzene ring substituents is 1. The van der Waals surface area contributed by atoms with Gasteiger partial charge in [-0.05, 0) is 36.4 Å². The number of hydrogen-bond donors (Lipinski definition) is 2.